The van der Waals surface area contributed by atoms with Gasteiger partial charge in [-0.25, -0.2) is 4.98 Å². The van der Waals surface area contributed by atoms with Crippen LogP contribution in [-0.2, 0) is 24.3 Å². The lowest BCUT2D eigenvalue weighted by Crippen LogP contribution is -2.50. The maximum absolute atomic E-state index is 13.5. The molecule has 1 heterocycles. The molecule has 3 aromatic carbocycles. The average molecular weight is 675 g/mol. The standard InChI is InChI=1S/C33H33Cl2N9OS/c1-3-22(2)30(40-31(45)15-28-17-38-21-44(28)18-24-9-7-23(16-36)8-10-24)20-43(19-25-5-4-6-29(34)32(25)35)33(46)39-26-11-13-27(14-12-26)41-42-37/h4-14,17,21-22,30H,3,15,18-20H2,1-2H3,(H,39,46)(H,40,45)/t22-,30+/m0/s1. The van der Waals surface area contributed by atoms with Crippen LogP contribution >= 0.6 is 35.4 Å². The fraction of sp³-hybridized carbons (Fsp3) is 0.273. The Morgan fingerprint density at radius 1 is 1.17 bits per heavy atom. The summed E-state index contributed by atoms with van der Waals surface area (Å²) in [6.07, 6.45) is 4.37. The summed E-state index contributed by atoms with van der Waals surface area (Å²) in [7, 11) is 0. The number of thiocarbonyl (C=S) groups is 1. The predicted molar refractivity (Wildman–Crippen MR) is 186 cm³/mol. The molecule has 1 amide bonds. The van der Waals surface area contributed by atoms with Crippen LogP contribution in [0.5, 0.6) is 0 Å². The number of nitrogens with zero attached hydrogens (tertiary/aromatic N) is 7. The number of imidazole rings is 1. The molecule has 236 valence electrons. The van der Waals surface area contributed by atoms with Gasteiger partial charge in [0.05, 0.1) is 34.4 Å². The summed E-state index contributed by atoms with van der Waals surface area (Å²) in [6, 6.07) is 21.6. The Balaban J connectivity index is 1.51. The Hall–Kier alpha value is -4.59. The Morgan fingerprint density at radius 2 is 1.91 bits per heavy atom. The van der Waals surface area contributed by atoms with Gasteiger partial charge >= 0.3 is 0 Å². The second-order valence-corrected chi connectivity index (χ2v) is 12.0. The van der Waals surface area contributed by atoms with Gasteiger partial charge in [0.2, 0.25) is 5.91 Å². The van der Waals surface area contributed by atoms with Gasteiger partial charge < -0.3 is 20.1 Å². The predicted octanol–water partition coefficient (Wildman–Crippen LogP) is 8.02. The number of hydrogen-bond acceptors (Lipinski definition) is 5. The van der Waals surface area contributed by atoms with E-state index in [-0.39, 0.29) is 24.3 Å². The lowest BCUT2D eigenvalue weighted by atomic mass is 9.98. The highest BCUT2D eigenvalue weighted by molar-refractivity contribution is 7.80. The third-order valence-electron chi connectivity index (χ3n) is 7.63. The molecular weight excluding hydrogens is 641 g/mol. The molecule has 0 unspecified atom stereocenters. The molecule has 0 aliphatic rings. The summed E-state index contributed by atoms with van der Waals surface area (Å²) in [5.41, 5.74) is 13.1. The van der Waals surface area contributed by atoms with E-state index in [1.165, 1.54) is 0 Å². The first-order valence-corrected chi connectivity index (χ1v) is 15.8. The number of benzene rings is 3. The van der Waals surface area contributed by atoms with Crippen LogP contribution in [0, 0.1) is 17.2 Å². The fourth-order valence-electron chi connectivity index (χ4n) is 4.79. The minimum Gasteiger partial charge on any atom is -0.351 e. The lowest BCUT2D eigenvalue weighted by Gasteiger charge is -2.33. The molecule has 1 aromatic heterocycles. The molecule has 0 aliphatic carbocycles. The number of hydrogen-bond donors (Lipinski definition) is 2. The molecule has 0 bridgehead atoms. The van der Waals surface area contributed by atoms with Gasteiger partial charge in [-0.1, -0.05) is 85.0 Å². The molecule has 4 rings (SSSR count). The molecule has 13 heteroatoms. The monoisotopic (exact) mass is 673 g/mol. The summed E-state index contributed by atoms with van der Waals surface area (Å²) in [4.78, 5) is 22.5. The van der Waals surface area contributed by atoms with Crippen LogP contribution in [0.25, 0.3) is 10.4 Å². The molecular formula is C33H33Cl2N9OS. The van der Waals surface area contributed by atoms with Crippen LogP contribution in [0.2, 0.25) is 10.0 Å². The SMILES string of the molecule is CC[C@H](C)[C@@H](CN(Cc1cccc(Cl)c1Cl)C(=S)Nc1ccc(N=[N+]=[N-])cc1)NC(=O)Cc1cncn1Cc1ccc(C#N)cc1. The number of aromatic nitrogens is 2. The molecule has 0 aliphatic heterocycles. The van der Waals surface area contributed by atoms with E-state index in [0.717, 1.165) is 23.2 Å². The number of nitrogens with one attached hydrogen (secondary N) is 2. The second kappa shape index (κ2) is 16.6. The highest BCUT2D eigenvalue weighted by Crippen LogP contribution is 2.27. The van der Waals surface area contributed by atoms with Gasteiger partial charge in [0.25, 0.3) is 0 Å². The Bertz CT molecular complexity index is 1750. The van der Waals surface area contributed by atoms with Gasteiger partial charge in [-0.2, -0.15) is 5.26 Å². The average Bonchev–Trinajstić information content (AvgIpc) is 3.49. The third kappa shape index (κ3) is 9.46. The lowest BCUT2D eigenvalue weighted by molar-refractivity contribution is -0.121. The van der Waals surface area contributed by atoms with Gasteiger partial charge in [0.15, 0.2) is 5.11 Å². The topological polar surface area (TPSA) is 135 Å². The van der Waals surface area contributed by atoms with Crippen molar-refractivity contribution in [2.75, 3.05) is 11.9 Å². The normalized spacial score (nSPS) is 11.9. The molecule has 46 heavy (non-hydrogen) atoms. The second-order valence-electron chi connectivity index (χ2n) is 10.8. The number of halogens is 2. The van der Waals surface area contributed by atoms with Crippen molar-refractivity contribution in [3.8, 4) is 6.07 Å². The van der Waals surface area contributed by atoms with E-state index in [1.807, 2.05) is 33.7 Å². The zero-order valence-electron chi connectivity index (χ0n) is 25.4. The number of azide groups is 1. The molecule has 0 saturated heterocycles. The largest absolute Gasteiger partial charge is 0.351 e. The maximum Gasteiger partial charge on any atom is 0.226 e. The van der Waals surface area contributed by atoms with Crippen molar-refractivity contribution >= 4 is 57.8 Å². The van der Waals surface area contributed by atoms with E-state index >= 15 is 0 Å². The molecule has 10 nitrogen and oxygen atoms in total. The van der Waals surface area contributed by atoms with Crippen LogP contribution in [0.3, 0.4) is 0 Å². The fourth-order valence-corrected chi connectivity index (χ4v) is 5.43. The summed E-state index contributed by atoms with van der Waals surface area (Å²) in [5, 5.41) is 20.5. The number of carbonyl (C=O) groups is 1. The van der Waals surface area contributed by atoms with Crippen molar-refractivity contribution in [1.29, 1.82) is 5.26 Å². The zero-order chi connectivity index (χ0) is 33.1. The van der Waals surface area contributed by atoms with E-state index in [4.69, 9.17) is 46.2 Å². The first kappa shape index (κ1) is 34.3. The van der Waals surface area contributed by atoms with Crippen molar-refractivity contribution in [2.24, 2.45) is 11.0 Å². The molecule has 4 aromatic rings. The zero-order valence-corrected chi connectivity index (χ0v) is 27.7. The number of carbonyl (C=O) groups excluding carboxylic acids is 1. The van der Waals surface area contributed by atoms with Crippen molar-refractivity contribution < 1.29 is 4.79 Å². The Labute approximate surface area is 283 Å². The van der Waals surface area contributed by atoms with Crippen LogP contribution in [0.4, 0.5) is 11.4 Å². The summed E-state index contributed by atoms with van der Waals surface area (Å²) >= 11 is 18.8. The van der Waals surface area contributed by atoms with Crippen molar-refractivity contribution in [2.45, 2.75) is 45.8 Å². The van der Waals surface area contributed by atoms with E-state index in [9.17, 15) is 4.79 Å². The first-order chi connectivity index (χ1) is 22.2. The van der Waals surface area contributed by atoms with E-state index in [2.05, 4.69) is 45.6 Å². The molecule has 2 N–H and O–H groups in total. The minimum atomic E-state index is -0.252. The van der Waals surface area contributed by atoms with Gasteiger partial charge in [-0.05, 0) is 65.1 Å². The Kier molecular flexibility index (Phi) is 12.4. The first-order valence-electron chi connectivity index (χ1n) is 14.6. The smallest absolute Gasteiger partial charge is 0.226 e. The van der Waals surface area contributed by atoms with Crippen LogP contribution < -0.4 is 10.6 Å². The maximum atomic E-state index is 13.5. The number of amides is 1. The van der Waals surface area contributed by atoms with Gasteiger partial charge in [-0.3, -0.25) is 4.79 Å². The summed E-state index contributed by atoms with van der Waals surface area (Å²) < 4.78 is 1.93. The Morgan fingerprint density at radius 3 is 2.59 bits per heavy atom. The van der Waals surface area contributed by atoms with Gasteiger partial charge in [-0.15, -0.1) is 0 Å². The van der Waals surface area contributed by atoms with Gasteiger partial charge in [0.1, 0.15) is 0 Å². The highest BCUT2D eigenvalue weighted by Gasteiger charge is 2.25. The molecule has 0 fully saturated rings. The number of anilines is 1. The summed E-state index contributed by atoms with van der Waals surface area (Å²) in [6.45, 7) is 5.45. The van der Waals surface area contributed by atoms with Crippen LogP contribution in [0.1, 0.15) is 42.7 Å². The van der Waals surface area contributed by atoms with E-state index in [0.29, 0.717) is 51.7 Å². The van der Waals surface area contributed by atoms with Crippen LogP contribution in [0.15, 0.2) is 84.4 Å². The highest BCUT2D eigenvalue weighted by atomic mass is 35.5. The molecule has 2 atom stereocenters. The number of nitriles is 1. The summed E-state index contributed by atoms with van der Waals surface area (Å²) in [5.74, 6) is -0.0177. The molecule has 0 radical (unpaired) electrons. The number of rotatable bonds is 13. The van der Waals surface area contributed by atoms with Crippen molar-refractivity contribution in [1.82, 2.24) is 19.8 Å². The third-order valence-corrected chi connectivity index (χ3v) is 8.85. The van der Waals surface area contributed by atoms with Crippen molar-refractivity contribution in [3.05, 3.63) is 122 Å². The molecule has 0 spiro atoms. The van der Waals surface area contributed by atoms with Crippen molar-refractivity contribution in [3.63, 3.8) is 0 Å². The molecule has 0 saturated carbocycles. The van der Waals surface area contributed by atoms with E-state index < -0.39 is 0 Å². The van der Waals surface area contributed by atoms with Crippen LogP contribution in [-0.4, -0.2) is 38.1 Å². The minimum absolute atomic E-state index is 0.121. The van der Waals surface area contributed by atoms with Gasteiger partial charge in [0, 0.05) is 53.9 Å². The van der Waals surface area contributed by atoms with E-state index in [1.54, 1.807) is 55.0 Å². The quantitative estimate of drug-likeness (QED) is 0.0638.